The van der Waals surface area contributed by atoms with Crippen molar-refractivity contribution in [1.29, 1.82) is 0 Å². The molecule has 1 aromatic rings. The molecule has 0 amide bonds. The van der Waals surface area contributed by atoms with Crippen LogP contribution >= 0.6 is 15.9 Å². The molecule has 1 atom stereocenters. The van der Waals surface area contributed by atoms with Gasteiger partial charge in [0.2, 0.25) is 0 Å². The second-order valence-corrected chi connectivity index (χ2v) is 5.74. The average Bonchev–Trinajstić information content (AvgIpc) is 2.28. The Kier molecular flexibility index (Phi) is 6.14. The van der Waals surface area contributed by atoms with Crippen LogP contribution in [0.5, 0.6) is 0 Å². The predicted octanol–water partition coefficient (Wildman–Crippen LogP) is 4.15. The van der Waals surface area contributed by atoms with Crippen LogP contribution in [-0.4, -0.2) is 13.1 Å². The molecule has 0 bridgehead atoms. The Bertz CT molecular complexity index is 352. The highest BCUT2D eigenvalue weighted by molar-refractivity contribution is 9.10. The molecule has 0 radical (unpaired) electrons. The Morgan fingerprint density at radius 1 is 1.35 bits per heavy atom. The topological polar surface area (TPSA) is 12.0 Å². The number of nitrogens with one attached hydrogen (secondary N) is 1. The fourth-order valence-electron chi connectivity index (χ4n) is 2.01. The molecule has 0 aliphatic heterocycles. The van der Waals surface area contributed by atoms with E-state index in [-0.39, 0.29) is 5.82 Å². The fraction of sp³-hybridized carbons (Fsp3) is 0.571. The minimum absolute atomic E-state index is 0.159. The van der Waals surface area contributed by atoms with Gasteiger partial charge in [-0.05, 0) is 56.0 Å². The molecule has 96 valence electrons. The lowest BCUT2D eigenvalue weighted by Gasteiger charge is -2.18. The van der Waals surface area contributed by atoms with E-state index >= 15 is 0 Å². The summed E-state index contributed by atoms with van der Waals surface area (Å²) in [6, 6.07) is 5.38. The summed E-state index contributed by atoms with van der Waals surface area (Å²) in [4.78, 5) is 0. The normalized spacial score (nSPS) is 13.1. The first-order chi connectivity index (χ1) is 8.02. The first-order valence-corrected chi connectivity index (χ1v) is 6.93. The van der Waals surface area contributed by atoms with Crippen LogP contribution in [0.15, 0.2) is 22.7 Å². The van der Waals surface area contributed by atoms with Crippen molar-refractivity contribution in [3.63, 3.8) is 0 Å². The van der Waals surface area contributed by atoms with Gasteiger partial charge in [0, 0.05) is 10.5 Å². The van der Waals surface area contributed by atoms with Crippen molar-refractivity contribution in [2.75, 3.05) is 7.05 Å². The van der Waals surface area contributed by atoms with Crippen molar-refractivity contribution in [3.05, 3.63) is 34.1 Å². The monoisotopic (exact) mass is 301 g/mol. The number of aryl methyl sites for hydroxylation is 1. The van der Waals surface area contributed by atoms with E-state index < -0.39 is 0 Å². The number of rotatable bonds is 6. The SMILES string of the molecule is CNC(CCc1cc(F)ccc1Br)CC(C)C. The molecule has 1 aromatic carbocycles. The standard InChI is InChI=1S/C14H21BrFN/c1-10(2)8-13(17-3)6-4-11-9-12(16)5-7-14(11)15/h5,7,9-10,13,17H,4,6,8H2,1-3H3. The quantitative estimate of drug-likeness (QED) is 0.832. The first kappa shape index (κ1) is 14.7. The molecule has 1 N–H and O–H groups in total. The summed E-state index contributed by atoms with van der Waals surface area (Å²) < 4.78 is 14.1. The van der Waals surface area contributed by atoms with Crippen molar-refractivity contribution in [3.8, 4) is 0 Å². The van der Waals surface area contributed by atoms with E-state index in [4.69, 9.17) is 0 Å². The van der Waals surface area contributed by atoms with E-state index in [1.54, 1.807) is 12.1 Å². The van der Waals surface area contributed by atoms with Gasteiger partial charge in [0.25, 0.3) is 0 Å². The van der Waals surface area contributed by atoms with Gasteiger partial charge in [-0.25, -0.2) is 4.39 Å². The highest BCUT2D eigenvalue weighted by Gasteiger charge is 2.10. The molecule has 0 heterocycles. The van der Waals surface area contributed by atoms with Crippen LogP contribution in [0.4, 0.5) is 4.39 Å². The number of hydrogen-bond acceptors (Lipinski definition) is 1. The molecule has 0 aromatic heterocycles. The third-order valence-corrected chi connectivity index (χ3v) is 3.71. The van der Waals surface area contributed by atoms with Gasteiger partial charge in [-0.15, -0.1) is 0 Å². The largest absolute Gasteiger partial charge is 0.317 e. The molecule has 0 aliphatic rings. The van der Waals surface area contributed by atoms with E-state index in [1.807, 2.05) is 7.05 Å². The van der Waals surface area contributed by atoms with Gasteiger partial charge >= 0.3 is 0 Å². The van der Waals surface area contributed by atoms with Gasteiger partial charge < -0.3 is 5.32 Å². The molecule has 0 saturated heterocycles. The average molecular weight is 302 g/mol. The Hall–Kier alpha value is -0.410. The van der Waals surface area contributed by atoms with Crippen molar-refractivity contribution in [1.82, 2.24) is 5.32 Å². The molecule has 1 rings (SSSR count). The van der Waals surface area contributed by atoms with Gasteiger partial charge in [0.05, 0.1) is 0 Å². The second kappa shape index (κ2) is 7.12. The molecule has 17 heavy (non-hydrogen) atoms. The Balaban J connectivity index is 2.56. The Labute approximate surface area is 112 Å². The molecule has 3 heteroatoms. The van der Waals surface area contributed by atoms with E-state index in [0.29, 0.717) is 12.0 Å². The van der Waals surface area contributed by atoms with Gasteiger partial charge in [0.1, 0.15) is 5.82 Å². The summed E-state index contributed by atoms with van der Waals surface area (Å²) in [5.41, 5.74) is 1.05. The maximum atomic E-state index is 13.1. The molecule has 1 nitrogen and oxygen atoms in total. The second-order valence-electron chi connectivity index (χ2n) is 4.89. The Morgan fingerprint density at radius 2 is 2.06 bits per heavy atom. The molecular formula is C14H21BrFN. The van der Waals surface area contributed by atoms with Crippen LogP contribution in [0.25, 0.3) is 0 Å². The molecular weight excluding hydrogens is 281 g/mol. The van der Waals surface area contributed by atoms with Crippen molar-refractivity contribution >= 4 is 15.9 Å². The van der Waals surface area contributed by atoms with Crippen LogP contribution in [0.2, 0.25) is 0 Å². The van der Waals surface area contributed by atoms with E-state index in [9.17, 15) is 4.39 Å². The molecule has 1 unspecified atom stereocenters. The van der Waals surface area contributed by atoms with Crippen molar-refractivity contribution < 1.29 is 4.39 Å². The smallest absolute Gasteiger partial charge is 0.123 e. The van der Waals surface area contributed by atoms with Gasteiger partial charge in [0.15, 0.2) is 0 Å². The number of benzene rings is 1. The van der Waals surface area contributed by atoms with Gasteiger partial charge in [-0.3, -0.25) is 0 Å². The van der Waals surface area contributed by atoms with Gasteiger partial charge in [-0.1, -0.05) is 29.8 Å². The van der Waals surface area contributed by atoms with Crippen molar-refractivity contribution in [2.24, 2.45) is 5.92 Å². The van der Waals surface area contributed by atoms with Gasteiger partial charge in [-0.2, -0.15) is 0 Å². The lowest BCUT2D eigenvalue weighted by molar-refractivity contribution is 0.421. The highest BCUT2D eigenvalue weighted by atomic mass is 79.9. The zero-order valence-corrected chi connectivity index (χ0v) is 12.3. The predicted molar refractivity (Wildman–Crippen MR) is 74.7 cm³/mol. The zero-order chi connectivity index (χ0) is 12.8. The summed E-state index contributed by atoms with van der Waals surface area (Å²) in [6.07, 6.45) is 3.09. The fourth-order valence-corrected chi connectivity index (χ4v) is 2.46. The Morgan fingerprint density at radius 3 is 2.65 bits per heavy atom. The van der Waals surface area contributed by atoms with E-state index in [2.05, 4.69) is 35.1 Å². The maximum absolute atomic E-state index is 13.1. The minimum Gasteiger partial charge on any atom is -0.317 e. The van der Waals surface area contributed by atoms with Crippen LogP contribution in [0.1, 0.15) is 32.3 Å². The molecule has 0 spiro atoms. The highest BCUT2D eigenvalue weighted by Crippen LogP contribution is 2.20. The van der Waals surface area contributed by atoms with Crippen LogP contribution in [-0.2, 0) is 6.42 Å². The lowest BCUT2D eigenvalue weighted by atomic mass is 9.97. The van der Waals surface area contributed by atoms with E-state index in [0.717, 1.165) is 29.3 Å². The van der Waals surface area contributed by atoms with Crippen LogP contribution in [0.3, 0.4) is 0 Å². The molecule has 0 saturated carbocycles. The van der Waals surface area contributed by atoms with Crippen molar-refractivity contribution in [2.45, 2.75) is 39.2 Å². The lowest BCUT2D eigenvalue weighted by Crippen LogP contribution is -2.27. The van der Waals surface area contributed by atoms with Crippen LogP contribution < -0.4 is 5.32 Å². The first-order valence-electron chi connectivity index (χ1n) is 6.14. The summed E-state index contributed by atoms with van der Waals surface area (Å²) in [6.45, 7) is 4.45. The third-order valence-electron chi connectivity index (χ3n) is 2.93. The third kappa shape index (κ3) is 5.17. The number of hydrogen-bond donors (Lipinski definition) is 1. The zero-order valence-electron chi connectivity index (χ0n) is 10.8. The van der Waals surface area contributed by atoms with E-state index in [1.165, 1.54) is 6.07 Å². The minimum atomic E-state index is -0.159. The molecule has 0 aliphatic carbocycles. The maximum Gasteiger partial charge on any atom is 0.123 e. The number of halogens is 2. The summed E-state index contributed by atoms with van der Waals surface area (Å²) in [5.74, 6) is 0.525. The summed E-state index contributed by atoms with van der Waals surface area (Å²) in [5, 5.41) is 3.33. The van der Waals surface area contributed by atoms with Crippen LogP contribution in [0, 0.1) is 11.7 Å². The summed E-state index contributed by atoms with van der Waals surface area (Å²) >= 11 is 3.47. The molecule has 0 fully saturated rings. The summed E-state index contributed by atoms with van der Waals surface area (Å²) in [7, 11) is 1.99.